The lowest BCUT2D eigenvalue weighted by Gasteiger charge is -2.05. The number of rotatable bonds is 2. The lowest BCUT2D eigenvalue weighted by atomic mass is 10.2. The first-order valence-corrected chi connectivity index (χ1v) is 3.15. The van der Waals surface area contributed by atoms with E-state index in [0.717, 1.165) is 0 Å². The summed E-state index contributed by atoms with van der Waals surface area (Å²) >= 11 is 0. The largest absolute Gasteiger partial charge is 0.364 e. The van der Waals surface area contributed by atoms with Gasteiger partial charge in [-0.1, -0.05) is 0 Å². The monoisotopic (exact) mass is 124 g/mol. The normalized spacial score (nSPS) is 13.6. The van der Waals surface area contributed by atoms with Gasteiger partial charge in [-0.15, -0.1) is 0 Å². The van der Waals surface area contributed by atoms with Crippen LogP contribution in [-0.4, -0.2) is 12.0 Å². The first-order valence-electron chi connectivity index (χ1n) is 3.15. The smallest absolute Gasteiger partial charge is 0.0441 e. The Bertz CT molecular complexity index is 155. The molecule has 50 valence electrons. The third-order valence-corrected chi connectivity index (χ3v) is 1.52. The van der Waals surface area contributed by atoms with Crippen molar-refractivity contribution in [3.8, 4) is 0 Å². The molecule has 0 fully saturated rings. The van der Waals surface area contributed by atoms with E-state index >= 15 is 0 Å². The molecule has 0 spiro atoms. The van der Waals surface area contributed by atoms with Gasteiger partial charge in [0.1, 0.15) is 0 Å². The zero-order chi connectivity index (χ0) is 6.69. The van der Waals surface area contributed by atoms with E-state index in [2.05, 4.69) is 23.3 Å². The van der Waals surface area contributed by atoms with E-state index < -0.39 is 0 Å². The van der Waals surface area contributed by atoms with Gasteiger partial charge < -0.3 is 10.3 Å². The molecule has 0 unspecified atom stereocenters. The summed E-state index contributed by atoms with van der Waals surface area (Å²) in [5.74, 6) is 0. The molecule has 2 N–H and O–H groups in total. The van der Waals surface area contributed by atoms with Crippen LogP contribution < -0.4 is 5.32 Å². The van der Waals surface area contributed by atoms with Gasteiger partial charge in [-0.2, -0.15) is 0 Å². The lowest BCUT2D eigenvalue weighted by molar-refractivity contribution is 0.637. The predicted molar refractivity (Wildman–Crippen MR) is 38.3 cm³/mol. The third kappa shape index (κ3) is 1.33. The number of hydrogen-bond acceptors (Lipinski definition) is 1. The molecule has 1 heterocycles. The van der Waals surface area contributed by atoms with Crippen LogP contribution in [0.25, 0.3) is 0 Å². The van der Waals surface area contributed by atoms with Crippen LogP contribution in [-0.2, 0) is 0 Å². The van der Waals surface area contributed by atoms with E-state index in [1.807, 2.05) is 19.3 Å². The molecular formula is C7H12N2. The summed E-state index contributed by atoms with van der Waals surface area (Å²) in [7, 11) is 1.95. The summed E-state index contributed by atoms with van der Waals surface area (Å²) < 4.78 is 0. The molecule has 0 saturated carbocycles. The van der Waals surface area contributed by atoms with Crippen LogP contribution in [0.4, 0.5) is 0 Å². The Hall–Kier alpha value is -0.760. The highest BCUT2D eigenvalue weighted by molar-refractivity contribution is 5.07. The van der Waals surface area contributed by atoms with Crippen molar-refractivity contribution in [2.24, 2.45) is 0 Å². The Morgan fingerprint density at radius 2 is 2.44 bits per heavy atom. The van der Waals surface area contributed by atoms with E-state index in [0.29, 0.717) is 6.04 Å². The Morgan fingerprint density at radius 3 is 2.89 bits per heavy atom. The van der Waals surface area contributed by atoms with E-state index in [9.17, 15) is 0 Å². The lowest BCUT2D eigenvalue weighted by Crippen LogP contribution is -2.12. The van der Waals surface area contributed by atoms with Crippen LogP contribution in [0.1, 0.15) is 18.7 Å². The first kappa shape index (κ1) is 6.36. The molecule has 0 aromatic carbocycles. The zero-order valence-corrected chi connectivity index (χ0v) is 5.81. The quantitative estimate of drug-likeness (QED) is 0.611. The second-order valence-corrected chi connectivity index (χ2v) is 2.14. The van der Waals surface area contributed by atoms with Crippen molar-refractivity contribution in [1.29, 1.82) is 0 Å². The highest BCUT2D eigenvalue weighted by atomic mass is 14.9. The summed E-state index contributed by atoms with van der Waals surface area (Å²) in [5, 5.41) is 3.14. The van der Waals surface area contributed by atoms with E-state index in [1.165, 1.54) is 5.69 Å². The summed E-state index contributed by atoms with van der Waals surface area (Å²) in [6, 6.07) is 4.50. The molecule has 0 radical (unpaired) electrons. The maximum Gasteiger partial charge on any atom is 0.0441 e. The summed E-state index contributed by atoms with van der Waals surface area (Å²) in [6.45, 7) is 2.12. The topological polar surface area (TPSA) is 27.8 Å². The van der Waals surface area contributed by atoms with Crippen molar-refractivity contribution in [3.63, 3.8) is 0 Å². The van der Waals surface area contributed by atoms with Gasteiger partial charge in [-0.3, -0.25) is 0 Å². The highest BCUT2D eigenvalue weighted by Gasteiger charge is 1.99. The molecule has 0 saturated heterocycles. The van der Waals surface area contributed by atoms with Crippen LogP contribution in [0.5, 0.6) is 0 Å². The molecule has 2 nitrogen and oxygen atoms in total. The third-order valence-electron chi connectivity index (χ3n) is 1.52. The molecule has 2 heteroatoms. The second-order valence-electron chi connectivity index (χ2n) is 2.14. The highest BCUT2D eigenvalue weighted by Crippen LogP contribution is 2.06. The molecule has 1 aromatic heterocycles. The van der Waals surface area contributed by atoms with Crippen LogP contribution in [0, 0.1) is 0 Å². The van der Waals surface area contributed by atoms with Crippen molar-refractivity contribution < 1.29 is 0 Å². The Balaban J connectivity index is 2.65. The molecule has 0 aliphatic carbocycles. The SMILES string of the molecule is CN[C@H](C)c1ccc[nH]1. The molecule has 1 aromatic rings. The molecule has 0 aliphatic heterocycles. The first-order chi connectivity index (χ1) is 4.34. The maximum atomic E-state index is 3.14. The number of aromatic nitrogens is 1. The van der Waals surface area contributed by atoms with Crippen molar-refractivity contribution in [2.75, 3.05) is 7.05 Å². The van der Waals surface area contributed by atoms with Gasteiger partial charge in [0.15, 0.2) is 0 Å². The van der Waals surface area contributed by atoms with Crippen LogP contribution >= 0.6 is 0 Å². The molecule has 1 atom stereocenters. The van der Waals surface area contributed by atoms with E-state index in [-0.39, 0.29) is 0 Å². The molecule has 0 bridgehead atoms. The fraction of sp³-hybridized carbons (Fsp3) is 0.429. The Labute approximate surface area is 55.3 Å². The summed E-state index contributed by atoms with van der Waals surface area (Å²) in [4.78, 5) is 3.13. The molecule has 9 heavy (non-hydrogen) atoms. The van der Waals surface area contributed by atoms with Gasteiger partial charge in [0, 0.05) is 17.9 Å². The Kier molecular flexibility index (Phi) is 1.90. The predicted octanol–water partition coefficient (Wildman–Crippen LogP) is 1.30. The minimum Gasteiger partial charge on any atom is -0.364 e. The van der Waals surface area contributed by atoms with Crippen LogP contribution in [0.2, 0.25) is 0 Å². The Morgan fingerprint density at radius 1 is 1.67 bits per heavy atom. The van der Waals surface area contributed by atoms with Crippen molar-refractivity contribution >= 4 is 0 Å². The minimum absolute atomic E-state index is 0.431. The summed E-state index contributed by atoms with van der Waals surface area (Å²) in [5.41, 5.74) is 1.23. The van der Waals surface area contributed by atoms with E-state index in [4.69, 9.17) is 0 Å². The van der Waals surface area contributed by atoms with Crippen molar-refractivity contribution in [3.05, 3.63) is 24.0 Å². The minimum atomic E-state index is 0.431. The van der Waals surface area contributed by atoms with Crippen LogP contribution in [0.3, 0.4) is 0 Å². The average molecular weight is 124 g/mol. The number of hydrogen-bond donors (Lipinski definition) is 2. The average Bonchev–Trinajstić information content (AvgIpc) is 2.37. The standard InChI is InChI=1S/C7H12N2/c1-6(8-2)7-4-3-5-9-7/h3-6,8-9H,1-2H3/t6-/m1/s1. The molecule has 0 amide bonds. The van der Waals surface area contributed by atoms with Gasteiger partial charge in [0.2, 0.25) is 0 Å². The number of nitrogens with one attached hydrogen (secondary N) is 2. The van der Waals surface area contributed by atoms with Crippen molar-refractivity contribution in [2.45, 2.75) is 13.0 Å². The number of H-pyrrole nitrogens is 1. The fourth-order valence-electron chi connectivity index (χ4n) is 0.769. The van der Waals surface area contributed by atoms with Gasteiger partial charge in [-0.25, -0.2) is 0 Å². The fourth-order valence-corrected chi connectivity index (χ4v) is 0.769. The summed E-state index contributed by atoms with van der Waals surface area (Å²) in [6.07, 6.45) is 1.93. The molecule has 1 rings (SSSR count). The van der Waals surface area contributed by atoms with Gasteiger partial charge in [0.05, 0.1) is 0 Å². The van der Waals surface area contributed by atoms with E-state index in [1.54, 1.807) is 0 Å². The maximum absolute atomic E-state index is 3.14. The zero-order valence-electron chi connectivity index (χ0n) is 5.81. The molecular weight excluding hydrogens is 112 g/mol. The van der Waals surface area contributed by atoms with Crippen molar-refractivity contribution in [1.82, 2.24) is 10.3 Å². The van der Waals surface area contributed by atoms with Gasteiger partial charge in [-0.05, 0) is 26.1 Å². The van der Waals surface area contributed by atoms with Crippen LogP contribution in [0.15, 0.2) is 18.3 Å². The second kappa shape index (κ2) is 2.69. The van der Waals surface area contributed by atoms with Gasteiger partial charge >= 0.3 is 0 Å². The molecule has 0 aliphatic rings. The van der Waals surface area contributed by atoms with Gasteiger partial charge in [0.25, 0.3) is 0 Å². The number of aromatic amines is 1.